The molecule has 33 heavy (non-hydrogen) atoms. The van der Waals surface area contributed by atoms with Crippen LogP contribution < -0.4 is 9.47 Å². The van der Waals surface area contributed by atoms with Crippen LogP contribution in [0.25, 0.3) is 5.76 Å². The van der Waals surface area contributed by atoms with E-state index in [2.05, 4.69) is 0 Å². The zero-order valence-corrected chi connectivity index (χ0v) is 18.6. The van der Waals surface area contributed by atoms with Crippen molar-refractivity contribution in [2.45, 2.75) is 31.9 Å². The predicted octanol–water partition coefficient (Wildman–Crippen LogP) is 3.40. The zero-order valence-electron chi connectivity index (χ0n) is 18.6. The molecule has 0 unspecified atom stereocenters. The average molecular weight is 453 g/mol. The average Bonchev–Trinajstić information content (AvgIpc) is 3.43. The molecule has 0 spiro atoms. The summed E-state index contributed by atoms with van der Waals surface area (Å²) in [6.07, 6.45) is 1.49. The maximum Gasteiger partial charge on any atom is 0.295 e. The molecule has 0 bridgehead atoms. The summed E-state index contributed by atoms with van der Waals surface area (Å²) >= 11 is 0. The molecule has 2 aromatic rings. The van der Waals surface area contributed by atoms with Crippen molar-refractivity contribution in [1.29, 1.82) is 0 Å². The van der Waals surface area contributed by atoms with Crippen molar-refractivity contribution in [3.8, 4) is 17.2 Å². The SMILES string of the molecule is CCOc1cc([C@@H]2/C(=C(\O)c3ccc(OC)cc3)C(=O)C(=O)N2C[C@H]2CCCO2)ccc1O. The van der Waals surface area contributed by atoms with Gasteiger partial charge in [-0.3, -0.25) is 9.59 Å². The minimum Gasteiger partial charge on any atom is -0.507 e. The lowest BCUT2D eigenvalue weighted by Gasteiger charge is -2.28. The number of phenols is 1. The van der Waals surface area contributed by atoms with E-state index in [0.717, 1.165) is 12.8 Å². The molecule has 2 saturated heterocycles. The Morgan fingerprint density at radius 1 is 1.18 bits per heavy atom. The molecule has 0 saturated carbocycles. The molecule has 174 valence electrons. The van der Waals surface area contributed by atoms with Gasteiger partial charge < -0.3 is 29.3 Å². The smallest absolute Gasteiger partial charge is 0.295 e. The number of likely N-dealkylation sites (tertiary alicyclic amines) is 1. The minimum absolute atomic E-state index is 0.0173. The van der Waals surface area contributed by atoms with Gasteiger partial charge in [0.25, 0.3) is 11.7 Å². The number of carbonyl (C=O) groups is 2. The van der Waals surface area contributed by atoms with E-state index in [1.54, 1.807) is 43.3 Å². The molecule has 2 fully saturated rings. The second-order valence-electron chi connectivity index (χ2n) is 7.98. The highest BCUT2D eigenvalue weighted by Gasteiger charge is 2.47. The largest absolute Gasteiger partial charge is 0.507 e. The summed E-state index contributed by atoms with van der Waals surface area (Å²) in [5.74, 6) is -0.952. The number of rotatable bonds is 7. The second-order valence-corrected chi connectivity index (χ2v) is 7.98. The Bertz CT molecular complexity index is 1070. The van der Waals surface area contributed by atoms with E-state index >= 15 is 0 Å². The molecule has 2 aliphatic heterocycles. The van der Waals surface area contributed by atoms with E-state index in [-0.39, 0.29) is 35.5 Å². The van der Waals surface area contributed by atoms with Crippen LogP contribution in [0.5, 0.6) is 17.2 Å². The quantitative estimate of drug-likeness (QED) is 0.376. The fourth-order valence-electron chi connectivity index (χ4n) is 4.30. The highest BCUT2D eigenvalue weighted by molar-refractivity contribution is 6.46. The number of hydrogen-bond donors (Lipinski definition) is 2. The Morgan fingerprint density at radius 3 is 2.58 bits per heavy atom. The minimum atomic E-state index is -0.851. The maximum atomic E-state index is 13.1. The molecule has 0 aromatic heterocycles. The Hall–Kier alpha value is -3.52. The summed E-state index contributed by atoms with van der Waals surface area (Å²) in [5.41, 5.74) is 0.916. The van der Waals surface area contributed by atoms with Gasteiger partial charge in [-0.2, -0.15) is 0 Å². The highest BCUT2D eigenvalue weighted by Crippen LogP contribution is 2.42. The van der Waals surface area contributed by atoms with Crippen LogP contribution in [0.4, 0.5) is 0 Å². The normalized spacial score (nSPS) is 22.1. The Kier molecular flexibility index (Phi) is 6.55. The molecule has 0 aliphatic carbocycles. The first-order valence-corrected chi connectivity index (χ1v) is 10.9. The Balaban J connectivity index is 1.83. The number of carbonyl (C=O) groups excluding carboxylic acids is 2. The molecule has 2 aromatic carbocycles. The highest BCUT2D eigenvalue weighted by atomic mass is 16.5. The third kappa shape index (κ3) is 4.39. The Morgan fingerprint density at radius 2 is 1.94 bits per heavy atom. The molecular weight excluding hydrogens is 426 g/mol. The van der Waals surface area contributed by atoms with Gasteiger partial charge in [-0.1, -0.05) is 6.07 Å². The molecule has 0 radical (unpaired) electrons. The van der Waals surface area contributed by atoms with Gasteiger partial charge in [0, 0.05) is 18.7 Å². The third-order valence-corrected chi connectivity index (χ3v) is 5.93. The number of aliphatic hydroxyl groups is 1. The molecule has 2 heterocycles. The number of methoxy groups -OCH3 is 1. The van der Waals surface area contributed by atoms with Crippen molar-refractivity contribution in [1.82, 2.24) is 4.90 Å². The zero-order chi connectivity index (χ0) is 23.5. The summed E-state index contributed by atoms with van der Waals surface area (Å²) < 4.78 is 16.4. The van der Waals surface area contributed by atoms with Crippen LogP contribution in [-0.2, 0) is 14.3 Å². The van der Waals surface area contributed by atoms with Gasteiger partial charge in [0.1, 0.15) is 11.5 Å². The van der Waals surface area contributed by atoms with Crippen LogP contribution in [0.15, 0.2) is 48.0 Å². The lowest BCUT2D eigenvalue weighted by atomic mass is 9.94. The van der Waals surface area contributed by atoms with Gasteiger partial charge >= 0.3 is 0 Å². The number of amides is 1. The van der Waals surface area contributed by atoms with Crippen LogP contribution in [0.3, 0.4) is 0 Å². The van der Waals surface area contributed by atoms with E-state index in [1.165, 1.54) is 18.1 Å². The van der Waals surface area contributed by atoms with Crippen LogP contribution in [-0.4, -0.2) is 59.8 Å². The standard InChI is InChI=1S/C25H27NO7/c1-3-32-20-13-16(8-11-19(20)27)22-21(23(28)15-6-9-17(31-2)10-7-15)24(29)25(30)26(22)14-18-5-4-12-33-18/h6-11,13,18,22,27-28H,3-5,12,14H2,1-2H3/b23-21+/t18-,22-/m1/s1. The summed E-state index contributed by atoms with van der Waals surface area (Å²) in [6, 6.07) is 10.4. The summed E-state index contributed by atoms with van der Waals surface area (Å²) in [6.45, 7) is 2.95. The fourth-order valence-corrected chi connectivity index (χ4v) is 4.30. The fraction of sp³-hybridized carbons (Fsp3) is 0.360. The van der Waals surface area contributed by atoms with Crippen molar-refractivity contribution >= 4 is 17.4 Å². The number of phenolic OH excluding ortho intramolecular Hbond substituents is 1. The van der Waals surface area contributed by atoms with Gasteiger partial charge in [-0.25, -0.2) is 0 Å². The molecule has 1 amide bonds. The number of aliphatic hydroxyl groups excluding tert-OH is 1. The van der Waals surface area contributed by atoms with Crippen LogP contribution in [0.2, 0.25) is 0 Å². The lowest BCUT2D eigenvalue weighted by molar-refractivity contribution is -0.140. The number of nitrogens with zero attached hydrogens (tertiary/aromatic N) is 1. The number of ether oxygens (including phenoxy) is 3. The molecular formula is C25H27NO7. The van der Waals surface area contributed by atoms with Crippen molar-refractivity contribution < 1.29 is 34.0 Å². The summed E-state index contributed by atoms with van der Waals surface area (Å²) in [7, 11) is 1.53. The summed E-state index contributed by atoms with van der Waals surface area (Å²) in [5, 5.41) is 21.3. The molecule has 4 rings (SSSR count). The van der Waals surface area contributed by atoms with E-state index in [4.69, 9.17) is 14.2 Å². The molecule has 8 heteroatoms. The van der Waals surface area contributed by atoms with E-state index in [0.29, 0.717) is 30.1 Å². The van der Waals surface area contributed by atoms with Gasteiger partial charge in [-0.15, -0.1) is 0 Å². The van der Waals surface area contributed by atoms with Gasteiger partial charge in [0.05, 0.1) is 31.4 Å². The van der Waals surface area contributed by atoms with Crippen LogP contribution in [0.1, 0.15) is 36.9 Å². The number of ketones is 1. The summed E-state index contributed by atoms with van der Waals surface area (Å²) in [4.78, 5) is 27.6. The topological polar surface area (TPSA) is 106 Å². The molecule has 2 aliphatic rings. The van der Waals surface area contributed by atoms with Gasteiger partial charge in [0.2, 0.25) is 0 Å². The van der Waals surface area contributed by atoms with Crippen molar-refractivity contribution in [3.05, 3.63) is 59.2 Å². The number of aromatic hydroxyl groups is 1. The Labute approximate surface area is 192 Å². The molecule has 2 N–H and O–H groups in total. The number of benzene rings is 2. The number of Topliss-reactive ketones (excluding diaryl/α,β-unsaturated/α-hetero) is 1. The van der Waals surface area contributed by atoms with Crippen molar-refractivity contribution in [2.75, 3.05) is 26.9 Å². The number of hydrogen-bond acceptors (Lipinski definition) is 7. The lowest BCUT2D eigenvalue weighted by Crippen LogP contribution is -2.36. The second kappa shape index (κ2) is 9.54. The van der Waals surface area contributed by atoms with Crippen LogP contribution >= 0.6 is 0 Å². The monoisotopic (exact) mass is 453 g/mol. The predicted molar refractivity (Wildman–Crippen MR) is 120 cm³/mol. The first kappa shape index (κ1) is 22.7. The van der Waals surface area contributed by atoms with E-state index < -0.39 is 17.7 Å². The first-order valence-electron chi connectivity index (χ1n) is 10.9. The molecule has 2 atom stereocenters. The van der Waals surface area contributed by atoms with Gasteiger partial charge in [-0.05, 0) is 61.7 Å². The van der Waals surface area contributed by atoms with E-state index in [9.17, 15) is 19.8 Å². The van der Waals surface area contributed by atoms with Gasteiger partial charge in [0.15, 0.2) is 11.5 Å². The van der Waals surface area contributed by atoms with Crippen LogP contribution in [0, 0.1) is 0 Å². The first-order chi connectivity index (χ1) is 15.9. The van der Waals surface area contributed by atoms with E-state index in [1.807, 2.05) is 0 Å². The third-order valence-electron chi connectivity index (χ3n) is 5.93. The maximum absolute atomic E-state index is 13.1. The van der Waals surface area contributed by atoms with Crippen molar-refractivity contribution in [3.63, 3.8) is 0 Å². The van der Waals surface area contributed by atoms with Crippen molar-refractivity contribution in [2.24, 2.45) is 0 Å². The molecule has 8 nitrogen and oxygen atoms in total.